The average Bonchev–Trinajstić information content (AvgIpc) is 2.03. The predicted molar refractivity (Wildman–Crippen MR) is 39.8 cm³/mol. The molecule has 0 fully saturated rings. The van der Waals surface area contributed by atoms with Gasteiger partial charge in [-0.2, -0.15) is 5.90 Å². The van der Waals surface area contributed by atoms with E-state index in [4.69, 9.17) is 16.5 Å². The van der Waals surface area contributed by atoms with Crippen LogP contribution in [0.25, 0.3) is 0 Å². The highest BCUT2D eigenvalue weighted by atomic mass is 35.5. The Morgan fingerprint density at radius 3 is 2.73 bits per heavy atom. The number of carbonyl (C=O) groups excluding carboxylic acids is 1. The summed E-state index contributed by atoms with van der Waals surface area (Å²) in [5.41, 5.74) is 0. The number of halogens is 1. The van der Waals surface area contributed by atoms with E-state index in [9.17, 15) is 4.79 Å². The van der Waals surface area contributed by atoms with Crippen molar-refractivity contribution in [2.45, 2.75) is 13.3 Å². The highest BCUT2D eigenvalue weighted by molar-refractivity contribution is 6.20. The lowest BCUT2D eigenvalue weighted by Gasteiger charge is -2.02. The molecule has 0 saturated heterocycles. The molecule has 0 aromatic carbocycles. The summed E-state index contributed by atoms with van der Waals surface area (Å²) in [6.45, 7) is 2.14. The lowest BCUT2D eigenvalue weighted by atomic mass is 10.4. The standard InChI is InChI=1S/C5H9ClN2O3/c1-2-10-4(8-6)3-5(9)11-7/h2-3,7H2,1H3/b8-4-. The van der Waals surface area contributed by atoms with Gasteiger partial charge < -0.3 is 9.57 Å². The Kier molecular flexibility index (Phi) is 5.50. The normalized spacial score (nSPS) is 11.0. The fourth-order valence-corrected chi connectivity index (χ4v) is 0.546. The van der Waals surface area contributed by atoms with Gasteiger partial charge in [0, 0.05) is 11.8 Å². The zero-order chi connectivity index (χ0) is 8.69. The molecule has 0 aromatic rings. The molecule has 0 atom stereocenters. The summed E-state index contributed by atoms with van der Waals surface area (Å²) in [6, 6.07) is 0. The van der Waals surface area contributed by atoms with Crippen LogP contribution in [0.1, 0.15) is 13.3 Å². The molecule has 0 aliphatic heterocycles. The molecule has 0 aromatic heterocycles. The van der Waals surface area contributed by atoms with E-state index in [1.54, 1.807) is 6.92 Å². The van der Waals surface area contributed by atoms with Crippen molar-refractivity contribution >= 4 is 23.6 Å². The van der Waals surface area contributed by atoms with Crippen molar-refractivity contribution in [1.29, 1.82) is 0 Å². The molecule has 0 aliphatic carbocycles. The number of ether oxygens (including phenoxy) is 1. The van der Waals surface area contributed by atoms with Gasteiger partial charge in [0.15, 0.2) is 0 Å². The maximum Gasteiger partial charge on any atom is 0.333 e. The van der Waals surface area contributed by atoms with Gasteiger partial charge in [-0.3, -0.25) is 0 Å². The third-order valence-corrected chi connectivity index (χ3v) is 1.02. The number of nitrogens with zero attached hydrogens (tertiary/aromatic N) is 1. The first-order valence-electron chi connectivity index (χ1n) is 2.94. The van der Waals surface area contributed by atoms with Crippen molar-refractivity contribution in [2.75, 3.05) is 6.61 Å². The van der Waals surface area contributed by atoms with Crippen LogP contribution in [0.5, 0.6) is 0 Å². The molecular weight excluding hydrogens is 172 g/mol. The molecule has 0 spiro atoms. The smallest absolute Gasteiger partial charge is 0.333 e. The van der Waals surface area contributed by atoms with Crippen LogP contribution >= 0.6 is 11.8 Å². The van der Waals surface area contributed by atoms with E-state index >= 15 is 0 Å². The third-order valence-electron chi connectivity index (χ3n) is 0.832. The van der Waals surface area contributed by atoms with Crippen LogP contribution in [-0.2, 0) is 14.4 Å². The van der Waals surface area contributed by atoms with Crippen molar-refractivity contribution in [3.8, 4) is 0 Å². The Morgan fingerprint density at radius 2 is 2.36 bits per heavy atom. The van der Waals surface area contributed by atoms with Crippen LogP contribution < -0.4 is 5.90 Å². The van der Waals surface area contributed by atoms with Crippen LogP contribution in [0.4, 0.5) is 0 Å². The number of carbonyl (C=O) groups is 1. The van der Waals surface area contributed by atoms with Gasteiger partial charge in [0.2, 0.25) is 5.90 Å². The summed E-state index contributed by atoms with van der Waals surface area (Å²) in [7, 11) is 0. The van der Waals surface area contributed by atoms with E-state index in [1.165, 1.54) is 0 Å². The Bertz CT molecular complexity index is 160. The minimum Gasteiger partial charge on any atom is -0.480 e. The van der Waals surface area contributed by atoms with Gasteiger partial charge >= 0.3 is 5.97 Å². The SMILES string of the molecule is CCO/C(CC(=O)ON)=N\Cl. The minimum absolute atomic E-state index is 0.101. The van der Waals surface area contributed by atoms with Gasteiger partial charge in [-0.25, -0.2) is 4.79 Å². The van der Waals surface area contributed by atoms with Crippen molar-refractivity contribution in [3.05, 3.63) is 0 Å². The van der Waals surface area contributed by atoms with Crippen LogP contribution in [0, 0.1) is 0 Å². The number of hydrogen-bond donors (Lipinski definition) is 1. The number of hydrogen-bond acceptors (Lipinski definition) is 5. The molecule has 0 amide bonds. The van der Waals surface area contributed by atoms with Gasteiger partial charge in [-0.1, -0.05) is 0 Å². The first kappa shape index (κ1) is 10.2. The molecule has 0 radical (unpaired) electrons. The van der Waals surface area contributed by atoms with E-state index < -0.39 is 5.97 Å². The molecule has 0 unspecified atom stereocenters. The highest BCUT2D eigenvalue weighted by Crippen LogP contribution is 1.94. The first-order chi connectivity index (χ1) is 5.24. The molecule has 0 aliphatic rings. The monoisotopic (exact) mass is 180 g/mol. The van der Waals surface area contributed by atoms with Crippen molar-refractivity contribution in [2.24, 2.45) is 10.4 Å². The molecule has 0 bridgehead atoms. The fraction of sp³-hybridized carbons (Fsp3) is 0.600. The largest absolute Gasteiger partial charge is 0.480 e. The Labute approximate surface area is 69.2 Å². The van der Waals surface area contributed by atoms with Crippen LogP contribution in [0.15, 0.2) is 4.51 Å². The van der Waals surface area contributed by atoms with E-state index in [-0.39, 0.29) is 12.3 Å². The lowest BCUT2D eigenvalue weighted by molar-refractivity contribution is -0.142. The topological polar surface area (TPSA) is 73.9 Å². The summed E-state index contributed by atoms with van der Waals surface area (Å²) < 4.78 is 8.00. The second-order valence-corrected chi connectivity index (χ2v) is 1.75. The summed E-state index contributed by atoms with van der Waals surface area (Å²) in [6.07, 6.45) is -0.145. The number of nitrogens with two attached hydrogens (primary N) is 1. The Balaban J connectivity index is 3.79. The van der Waals surface area contributed by atoms with Gasteiger partial charge in [0.05, 0.1) is 6.61 Å². The average molecular weight is 181 g/mol. The highest BCUT2D eigenvalue weighted by Gasteiger charge is 2.07. The zero-order valence-electron chi connectivity index (χ0n) is 6.04. The first-order valence-corrected chi connectivity index (χ1v) is 3.28. The van der Waals surface area contributed by atoms with Gasteiger partial charge in [0.25, 0.3) is 0 Å². The second-order valence-electron chi connectivity index (χ2n) is 1.58. The van der Waals surface area contributed by atoms with Crippen LogP contribution in [0.3, 0.4) is 0 Å². The molecule has 0 saturated carbocycles. The molecule has 11 heavy (non-hydrogen) atoms. The van der Waals surface area contributed by atoms with Crippen molar-refractivity contribution < 1.29 is 14.4 Å². The molecule has 2 N–H and O–H groups in total. The van der Waals surface area contributed by atoms with E-state index in [2.05, 4.69) is 15.2 Å². The Morgan fingerprint density at radius 1 is 1.73 bits per heavy atom. The zero-order valence-corrected chi connectivity index (χ0v) is 6.80. The van der Waals surface area contributed by atoms with Gasteiger partial charge in [-0.05, 0) is 6.92 Å². The summed E-state index contributed by atoms with van der Waals surface area (Å²) in [5, 5.41) is 0. The van der Waals surface area contributed by atoms with Gasteiger partial charge in [0.1, 0.15) is 6.42 Å². The quantitative estimate of drug-likeness (QED) is 0.387. The molecule has 5 nitrogen and oxygen atoms in total. The predicted octanol–water partition coefficient (Wildman–Crippen LogP) is 0.382. The summed E-state index contributed by atoms with van der Waals surface area (Å²) in [5.74, 6) is 4.03. The lowest BCUT2D eigenvalue weighted by Crippen LogP contribution is -2.16. The fourth-order valence-electron chi connectivity index (χ4n) is 0.437. The molecule has 64 valence electrons. The Hall–Kier alpha value is -0.810. The van der Waals surface area contributed by atoms with Crippen molar-refractivity contribution in [1.82, 2.24) is 0 Å². The minimum atomic E-state index is -0.641. The maximum absolute atomic E-state index is 10.5. The second kappa shape index (κ2) is 5.94. The summed E-state index contributed by atoms with van der Waals surface area (Å²) in [4.78, 5) is 14.4. The summed E-state index contributed by atoms with van der Waals surface area (Å²) >= 11 is 5.06. The van der Waals surface area contributed by atoms with Gasteiger partial charge in [-0.15, -0.1) is 4.51 Å². The molecular formula is C5H9ClN2O3. The van der Waals surface area contributed by atoms with Crippen LogP contribution in [-0.4, -0.2) is 18.5 Å². The maximum atomic E-state index is 10.5. The molecule has 0 rings (SSSR count). The number of rotatable bonds is 3. The third kappa shape index (κ3) is 4.58. The van der Waals surface area contributed by atoms with Crippen LogP contribution in [0.2, 0.25) is 0 Å². The van der Waals surface area contributed by atoms with E-state index in [1.807, 2.05) is 0 Å². The molecule has 0 heterocycles. The van der Waals surface area contributed by atoms with Crippen molar-refractivity contribution in [3.63, 3.8) is 0 Å². The van der Waals surface area contributed by atoms with E-state index in [0.717, 1.165) is 0 Å². The molecule has 6 heteroatoms. The van der Waals surface area contributed by atoms with E-state index in [0.29, 0.717) is 6.61 Å².